The first-order valence-corrected chi connectivity index (χ1v) is 6.16. The lowest BCUT2D eigenvalue weighted by Crippen LogP contribution is -2.13. The number of anilines is 2. The van der Waals surface area contributed by atoms with E-state index in [1.165, 1.54) is 0 Å². The molecule has 17 heavy (non-hydrogen) atoms. The van der Waals surface area contributed by atoms with Gasteiger partial charge in [-0.05, 0) is 59.0 Å². The molecule has 0 atom stereocenters. The summed E-state index contributed by atoms with van der Waals surface area (Å²) in [5.74, 6) is -0.111. The van der Waals surface area contributed by atoms with Crippen LogP contribution in [0.25, 0.3) is 0 Å². The molecule has 0 spiro atoms. The molecule has 0 aliphatic heterocycles. The lowest BCUT2D eigenvalue weighted by Gasteiger charge is -2.06. The van der Waals surface area contributed by atoms with Gasteiger partial charge in [-0.3, -0.25) is 4.79 Å². The number of benzene rings is 2. The SMILES string of the molecule is Nc1ccc(NC(=O)c2ccccc2I)cc1. The second-order valence-corrected chi connectivity index (χ2v) is 4.72. The molecule has 4 heteroatoms. The van der Waals surface area contributed by atoms with Crippen molar-refractivity contribution in [2.75, 3.05) is 11.1 Å². The van der Waals surface area contributed by atoms with Gasteiger partial charge < -0.3 is 11.1 Å². The molecule has 0 aliphatic rings. The molecule has 1 amide bonds. The third-order valence-electron chi connectivity index (χ3n) is 2.29. The summed E-state index contributed by atoms with van der Waals surface area (Å²) in [5, 5.41) is 2.83. The van der Waals surface area contributed by atoms with Gasteiger partial charge in [-0.1, -0.05) is 12.1 Å². The maximum absolute atomic E-state index is 12.0. The summed E-state index contributed by atoms with van der Waals surface area (Å²) in [7, 11) is 0. The molecule has 2 rings (SSSR count). The number of nitrogens with one attached hydrogen (secondary N) is 1. The molecule has 0 fully saturated rings. The van der Waals surface area contributed by atoms with Crippen molar-refractivity contribution >= 4 is 39.9 Å². The maximum atomic E-state index is 12.0. The second-order valence-electron chi connectivity index (χ2n) is 3.56. The highest BCUT2D eigenvalue weighted by Gasteiger charge is 2.08. The Hall–Kier alpha value is -1.56. The minimum absolute atomic E-state index is 0.111. The van der Waals surface area contributed by atoms with Crippen LogP contribution in [0.15, 0.2) is 48.5 Å². The lowest BCUT2D eigenvalue weighted by atomic mass is 10.2. The maximum Gasteiger partial charge on any atom is 0.256 e. The molecule has 2 aromatic carbocycles. The number of rotatable bonds is 2. The van der Waals surface area contributed by atoms with Gasteiger partial charge in [-0.25, -0.2) is 0 Å². The van der Waals surface area contributed by atoms with Crippen LogP contribution in [0.1, 0.15) is 10.4 Å². The number of carbonyl (C=O) groups is 1. The van der Waals surface area contributed by atoms with Gasteiger partial charge in [0, 0.05) is 14.9 Å². The molecule has 0 saturated heterocycles. The fourth-order valence-corrected chi connectivity index (χ4v) is 2.04. The molecule has 3 N–H and O–H groups in total. The minimum atomic E-state index is -0.111. The molecule has 0 aliphatic carbocycles. The van der Waals surface area contributed by atoms with Crippen LogP contribution < -0.4 is 11.1 Å². The van der Waals surface area contributed by atoms with Crippen LogP contribution in [-0.2, 0) is 0 Å². The van der Waals surface area contributed by atoms with Gasteiger partial charge in [0.1, 0.15) is 0 Å². The van der Waals surface area contributed by atoms with Gasteiger partial charge in [-0.15, -0.1) is 0 Å². The lowest BCUT2D eigenvalue weighted by molar-refractivity contribution is 0.102. The molecular formula is C13H11IN2O. The zero-order valence-electron chi connectivity index (χ0n) is 8.98. The molecule has 0 unspecified atom stereocenters. The highest BCUT2D eigenvalue weighted by atomic mass is 127. The van der Waals surface area contributed by atoms with Crippen LogP contribution in [0, 0.1) is 3.57 Å². The van der Waals surface area contributed by atoms with Gasteiger partial charge in [0.25, 0.3) is 5.91 Å². The molecule has 0 bridgehead atoms. The number of halogens is 1. The number of hydrogen-bond donors (Lipinski definition) is 2. The third kappa shape index (κ3) is 2.97. The zero-order chi connectivity index (χ0) is 12.3. The van der Waals surface area contributed by atoms with Gasteiger partial charge in [0.2, 0.25) is 0 Å². The van der Waals surface area contributed by atoms with E-state index in [1.807, 2.05) is 18.2 Å². The van der Waals surface area contributed by atoms with Gasteiger partial charge in [0.05, 0.1) is 5.56 Å². The van der Waals surface area contributed by atoms with Crippen LogP contribution in [0.5, 0.6) is 0 Å². The Bertz CT molecular complexity index is 537. The molecule has 0 heterocycles. The normalized spacial score (nSPS) is 9.94. The highest BCUT2D eigenvalue weighted by molar-refractivity contribution is 14.1. The molecule has 3 nitrogen and oxygen atoms in total. The molecule has 86 valence electrons. The quantitative estimate of drug-likeness (QED) is 0.653. The molecule has 2 aromatic rings. The van der Waals surface area contributed by atoms with E-state index in [0.29, 0.717) is 11.3 Å². The fourth-order valence-electron chi connectivity index (χ4n) is 1.41. The Labute approximate surface area is 113 Å². The van der Waals surface area contributed by atoms with Crippen molar-refractivity contribution in [3.8, 4) is 0 Å². The van der Waals surface area contributed by atoms with E-state index >= 15 is 0 Å². The summed E-state index contributed by atoms with van der Waals surface area (Å²) in [4.78, 5) is 12.0. The van der Waals surface area contributed by atoms with E-state index < -0.39 is 0 Å². The summed E-state index contributed by atoms with van der Waals surface area (Å²) in [6, 6.07) is 14.5. The van der Waals surface area contributed by atoms with Crippen molar-refractivity contribution in [3.05, 3.63) is 57.7 Å². The van der Waals surface area contributed by atoms with Crippen LogP contribution in [-0.4, -0.2) is 5.91 Å². The monoisotopic (exact) mass is 338 g/mol. The van der Waals surface area contributed by atoms with Crippen LogP contribution in [0.3, 0.4) is 0 Å². The third-order valence-corrected chi connectivity index (χ3v) is 3.23. The van der Waals surface area contributed by atoms with Crippen molar-refractivity contribution in [2.24, 2.45) is 0 Å². The fraction of sp³-hybridized carbons (Fsp3) is 0. The average molecular weight is 338 g/mol. The smallest absolute Gasteiger partial charge is 0.256 e. The summed E-state index contributed by atoms with van der Waals surface area (Å²) >= 11 is 2.14. The van der Waals surface area contributed by atoms with Crippen molar-refractivity contribution < 1.29 is 4.79 Å². The van der Waals surface area contributed by atoms with Crippen LogP contribution >= 0.6 is 22.6 Å². The van der Waals surface area contributed by atoms with E-state index in [-0.39, 0.29) is 5.91 Å². The van der Waals surface area contributed by atoms with Gasteiger partial charge >= 0.3 is 0 Å². The average Bonchev–Trinajstić information content (AvgIpc) is 2.32. The first-order chi connectivity index (χ1) is 8.16. The Morgan fingerprint density at radius 2 is 1.71 bits per heavy atom. The molecule has 0 aromatic heterocycles. The largest absolute Gasteiger partial charge is 0.399 e. The molecule has 0 saturated carbocycles. The van der Waals surface area contributed by atoms with Gasteiger partial charge in [0.15, 0.2) is 0 Å². The predicted molar refractivity (Wildman–Crippen MR) is 78.0 cm³/mol. The van der Waals surface area contributed by atoms with Gasteiger partial charge in [-0.2, -0.15) is 0 Å². The standard InChI is InChI=1S/C13H11IN2O/c14-12-4-2-1-3-11(12)13(17)16-10-7-5-9(15)6-8-10/h1-8H,15H2,(H,16,17). The number of carbonyl (C=O) groups excluding carboxylic acids is 1. The predicted octanol–water partition coefficient (Wildman–Crippen LogP) is 3.13. The van der Waals surface area contributed by atoms with Crippen molar-refractivity contribution in [3.63, 3.8) is 0 Å². The van der Waals surface area contributed by atoms with Crippen molar-refractivity contribution in [1.82, 2.24) is 0 Å². The molecule has 0 radical (unpaired) electrons. The number of amides is 1. The van der Waals surface area contributed by atoms with E-state index in [4.69, 9.17) is 5.73 Å². The van der Waals surface area contributed by atoms with E-state index in [1.54, 1.807) is 30.3 Å². The van der Waals surface area contributed by atoms with Crippen LogP contribution in [0.2, 0.25) is 0 Å². The van der Waals surface area contributed by atoms with Crippen molar-refractivity contribution in [2.45, 2.75) is 0 Å². The first-order valence-electron chi connectivity index (χ1n) is 5.08. The van der Waals surface area contributed by atoms with E-state index in [0.717, 1.165) is 9.26 Å². The van der Waals surface area contributed by atoms with E-state index in [9.17, 15) is 4.79 Å². The summed E-state index contributed by atoms with van der Waals surface area (Å²) in [6.45, 7) is 0. The Balaban J connectivity index is 2.17. The first kappa shape index (κ1) is 11.9. The highest BCUT2D eigenvalue weighted by Crippen LogP contribution is 2.15. The second kappa shape index (κ2) is 5.18. The summed E-state index contributed by atoms with van der Waals surface area (Å²) in [5.41, 5.74) is 7.67. The Kier molecular flexibility index (Phi) is 3.63. The molecular weight excluding hydrogens is 327 g/mol. The zero-order valence-corrected chi connectivity index (χ0v) is 11.1. The Morgan fingerprint density at radius 3 is 2.35 bits per heavy atom. The summed E-state index contributed by atoms with van der Waals surface area (Å²) < 4.78 is 0.929. The number of hydrogen-bond acceptors (Lipinski definition) is 2. The number of nitrogens with two attached hydrogens (primary N) is 1. The minimum Gasteiger partial charge on any atom is -0.399 e. The topological polar surface area (TPSA) is 55.1 Å². The summed E-state index contributed by atoms with van der Waals surface area (Å²) in [6.07, 6.45) is 0. The van der Waals surface area contributed by atoms with Crippen LogP contribution in [0.4, 0.5) is 11.4 Å². The van der Waals surface area contributed by atoms with E-state index in [2.05, 4.69) is 27.9 Å². The van der Waals surface area contributed by atoms with Crippen molar-refractivity contribution in [1.29, 1.82) is 0 Å². The number of nitrogen functional groups attached to an aromatic ring is 1. The Morgan fingerprint density at radius 1 is 1.06 bits per heavy atom.